The van der Waals surface area contributed by atoms with E-state index in [-0.39, 0.29) is 19.4 Å². The minimum Gasteiger partial charge on any atom is -0.462 e. The standard InChI is InChI=1S/C35H65O8P/c1-3-5-7-9-11-13-15-17-19-21-23-25-27-29-34(36)41-31-33(32-42-44(38,39)40)43-35(37)30-28-26-24-22-20-18-16-14-12-10-8-6-4-2/h17-20,33H,3-16,21-32H2,1-2H3,(H2,38,39,40)/b19-17+,20-18+/t33-/m1/s1. The molecule has 0 aromatic rings. The van der Waals surface area contributed by atoms with Crippen LogP contribution < -0.4 is 0 Å². The average molecular weight is 645 g/mol. The highest BCUT2D eigenvalue weighted by Crippen LogP contribution is 2.35. The Hall–Kier alpha value is -1.47. The number of unbranched alkanes of at least 4 members (excludes halogenated alkanes) is 18. The van der Waals surface area contributed by atoms with E-state index in [1.165, 1.54) is 77.0 Å². The largest absolute Gasteiger partial charge is 0.469 e. The molecule has 0 aliphatic carbocycles. The molecule has 0 aromatic carbocycles. The van der Waals surface area contributed by atoms with E-state index in [0.29, 0.717) is 12.8 Å². The Balaban J connectivity index is 4.05. The van der Waals surface area contributed by atoms with Crippen molar-refractivity contribution in [1.82, 2.24) is 0 Å². The van der Waals surface area contributed by atoms with Crippen molar-refractivity contribution in [2.45, 2.75) is 174 Å². The van der Waals surface area contributed by atoms with Gasteiger partial charge >= 0.3 is 19.8 Å². The fourth-order valence-corrected chi connectivity index (χ4v) is 5.13. The number of rotatable bonds is 32. The predicted molar refractivity (Wildman–Crippen MR) is 179 cm³/mol. The van der Waals surface area contributed by atoms with Crippen LogP contribution >= 0.6 is 7.82 Å². The van der Waals surface area contributed by atoms with Crippen molar-refractivity contribution >= 4 is 19.8 Å². The molecule has 0 fully saturated rings. The second-order valence-corrected chi connectivity index (χ2v) is 13.1. The predicted octanol–water partition coefficient (Wildman–Crippen LogP) is 10.1. The number of hydrogen-bond acceptors (Lipinski definition) is 6. The van der Waals surface area contributed by atoms with Gasteiger partial charge in [-0.05, 0) is 64.2 Å². The van der Waals surface area contributed by atoms with Gasteiger partial charge in [0.1, 0.15) is 6.61 Å². The molecule has 0 bridgehead atoms. The number of ether oxygens (including phenoxy) is 2. The number of carbonyl (C=O) groups is 2. The number of phosphoric acid groups is 1. The normalized spacial score (nSPS) is 12.7. The molecule has 0 spiro atoms. The summed E-state index contributed by atoms with van der Waals surface area (Å²) in [4.78, 5) is 42.5. The molecule has 8 nitrogen and oxygen atoms in total. The van der Waals surface area contributed by atoms with Gasteiger partial charge < -0.3 is 19.3 Å². The van der Waals surface area contributed by atoms with Gasteiger partial charge in [-0.15, -0.1) is 0 Å². The molecule has 0 rings (SSSR count). The Kier molecular flexibility index (Phi) is 30.5. The number of carbonyl (C=O) groups excluding carboxylic acids is 2. The first kappa shape index (κ1) is 42.5. The summed E-state index contributed by atoms with van der Waals surface area (Å²) in [6.07, 6.45) is 33.3. The zero-order valence-corrected chi connectivity index (χ0v) is 29.0. The number of allylic oxidation sites excluding steroid dienone is 4. The van der Waals surface area contributed by atoms with Crippen molar-refractivity contribution in [3.05, 3.63) is 24.3 Å². The van der Waals surface area contributed by atoms with Gasteiger partial charge in [-0.1, -0.05) is 115 Å². The van der Waals surface area contributed by atoms with Crippen LogP contribution in [0, 0.1) is 0 Å². The summed E-state index contributed by atoms with van der Waals surface area (Å²) in [5.74, 6) is -0.922. The van der Waals surface area contributed by atoms with Gasteiger partial charge in [-0.3, -0.25) is 14.1 Å². The molecule has 0 aromatic heterocycles. The Bertz CT molecular complexity index is 777. The number of phosphoric ester groups is 1. The molecule has 0 radical (unpaired) electrons. The van der Waals surface area contributed by atoms with E-state index in [0.717, 1.165) is 51.4 Å². The SMILES string of the molecule is CCCCCCCC/C=C/CCCCCC(=O)OC[C@H](COP(=O)(O)O)OC(=O)CCCCC/C=C/CCCCCCCC. The van der Waals surface area contributed by atoms with E-state index in [9.17, 15) is 14.2 Å². The quantitative estimate of drug-likeness (QED) is 0.0321. The Morgan fingerprint density at radius 3 is 1.39 bits per heavy atom. The first-order chi connectivity index (χ1) is 21.3. The van der Waals surface area contributed by atoms with Gasteiger partial charge in [0.15, 0.2) is 6.10 Å². The second-order valence-electron chi connectivity index (χ2n) is 11.8. The zero-order chi connectivity index (χ0) is 32.6. The molecule has 44 heavy (non-hydrogen) atoms. The highest BCUT2D eigenvalue weighted by atomic mass is 31.2. The monoisotopic (exact) mass is 644 g/mol. The van der Waals surface area contributed by atoms with Gasteiger partial charge in [-0.25, -0.2) is 4.57 Å². The van der Waals surface area contributed by atoms with Crippen LogP contribution in [0.1, 0.15) is 168 Å². The Labute approximate surface area is 269 Å². The lowest BCUT2D eigenvalue weighted by Gasteiger charge is -2.18. The molecule has 0 aliphatic rings. The summed E-state index contributed by atoms with van der Waals surface area (Å²) in [5, 5.41) is 0. The summed E-state index contributed by atoms with van der Waals surface area (Å²) < 4.78 is 26.2. The third-order valence-electron chi connectivity index (χ3n) is 7.44. The van der Waals surface area contributed by atoms with E-state index in [1.54, 1.807) is 0 Å². The molecule has 258 valence electrons. The third kappa shape index (κ3) is 33.4. The topological polar surface area (TPSA) is 119 Å². The van der Waals surface area contributed by atoms with E-state index in [4.69, 9.17) is 19.3 Å². The molecule has 9 heteroatoms. The maximum atomic E-state index is 12.3. The molecule has 2 N–H and O–H groups in total. The van der Waals surface area contributed by atoms with Crippen molar-refractivity contribution in [1.29, 1.82) is 0 Å². The number of esters is 2. The second kappa shape index (κ2) is 31.5. The van der Waals surface area contributed by atoms with Crippen molar-refractivity contribution in [2.24, 2.45) is 0 Å². The highest BCUT2D eigenvalue weighted by molar-refractivity contribution is 7.46. The summed E-state index contributed by atoms with van der Waals surface area (Å²) in [6.45, 7) is 3.62. The smallest absolute Gasteiger partial charge is 0.462 e. The van der Waals surface area contributed by atoms with Crippen LogP contribution in [0.25, 0.3) is 0 Å². The van der Waals surface area contributed by atoms with Gasteiger partial charge in [0, 0.05) is 12.8 Å². The molecule has 0 heterocycles. The molecule has 0 amide bonds. The van der Waals surface area contributed by atoms with Crippen LogP contribution in [-0.4, -0.2) is 41.0 Å². The zero-order valence-electron chi connectivity index (χ0n) is 28.1. The maximum absolute atomic E-state index is 12.3. The lowest BCUT2D eigenvalue weighted by Crippen LogP contribution is -2.29. The van der Waals surface area contributed by atoms with Crippen LogP contribution in [0.5, 0.6) is 0 Å². The maximum Gasteiger partial charge on any atom is 0.469 e. The summed E-state index contributed by atoms with van der Waals surface area (Å²) >= 11 is 0. The van der Waals surface area contributed by atoms with Crippen molar-refractivity contribution < 1.29 is 37.9 Å². The summed E-state index contributed by atoms with van der Waals surface area (Å²) in [7, 11) is -4.75. The van der Waals surface area contributed by atoms with Crippen molar-refractivity contribution in [3.63, 3.8) is 0 Å². The first-order valence-electron chi connectivity index (χ1n) is 17.6. The van der Waals surface area contributed by atoms with E-state index in [1.807, 2.05) is 0 Å². The molecule has 0 aliphatic heterocycles. The molecule has 1 atom stereocenters. The minimum absolute atomic E-state index is 0.190. The van der Waals surface area contributed by atoms with Crippen LogP contribution in [0.2, 0.25) is 0 Å². The summed E-state index contributed by atoms with van der Waals surface area (Å²) in [5.41, 5.74) is 0. The van der Waals surface area contributed by atoms with Crippen LogP contribution in [0.4, 0.5) is 0 Å². The van der Waals surface area contributed by atoms with Crippen LogP contribution in [0.15, 0.2) is 24.3 Å². The van der Waals surface area contributed by atoms with Gasteiger partial charge in [0.25, 0.3) is 0 Å². The molecule has 0 saturated heterocycles. The summed E-state index contributed by atoms with van der Waals surface area (Å²) in [6, 6.07) is 0. The first-order valence-corrected chi connectivity index (χ1v) is 19.2. The van der Waals surface area contributed by atoms with Crippen LogP contribution in [-0.2, 0) is 28.2 Å². The number of hydrogen-bond donors (Lipinski definition) is 2. The Morgan fingerprint density at radius 1 is 0.568 bits per heavy atom. The van der Waals surface area contributed by atoms with E-state index >= 15 is 0 Å². The lowest BCUT2D eigenvalue weighted by atomic mass is 10.1. The van der Waals surface area contributed by atoms with Crippen molar-refractivity contribution in [3.8, 4) is 0 Å². The molecule has 0 saturated carbocycles. The van der Waals surface area contributed by atoms with Gasteiger partial charge in [0.05, 0.1) is 6.61 Å². The van der Waals surface area contributed by atoms with E-state index in [2.05, 4.69) is 42.7 Å². The van der Waals surface area contributed by atoms with Crippen molar-refractivity contribution in [2.75, 3.05) is 13.2 Å². The Morgan fingerprint density at radius 2 is 0.955 bits per heavy atom. The molecule has 0 unspecified atom stereocenters. The van der Waals surface area contributed by atoms with Crippen LogP contribution in [0.3, 0.4) is 0 Å². The fraction of sp³-hybridized carbons (Fsp3) is 0.829. The highest BCUT2D eigenvalue weighted by Gasteiger charge is 2.22. The third-order valence-corrected chi connectivity index (χ3v) is 7.93. The lowest BCUT2D eigenvalue weighted by molar-refractivity contribution is -0.161. The molecular formula is C35H65O8P. The minimum atomic E-state index is -4.75. The molecular weight excluding hydrogens is 579 g/mol. The van der Waals surface area contributed by atoms with Gasteiger partial charge in [0.2, 0.25) is 0 Å². The van der Waals surface area contributed by atoms with Gasteiger partial charge in [-0.2, -0.15) is 0 Å². The fourth-order valence-electron chi connectivity index (χ4n) is 4.77. The average Bonchev–Trinajstić information content (AvgIpc) is 2.98. The van der Waals surface area contributed by atoms with E-state index < -0.39 is 32.5 Å².